The highest BCUT2D eigenvalue weighted by Gasteiger charge is 2.39. The Morgan fingerprint density at radius 2 is 1.67 bits per heavy atom. The number of carbonyl (C=O) groups excluding carboxylic acids is 2. The molecule has 2 heterocycles. The number of benzene rings is 1. The third-order valence-electron chi connectivity index (χ3n) is 6.74. The van der Waals surface area contributed by atoms with Gasteiger partial charge in [-0.2, -0.15) is 0 Å². The van der Waals surface area contributed by atoms with Gasteiger partial charge >= 0.3 is 6.03 Å². The van der Waals surface area contributed by atoms with Crippen LogP contribution >= 0.6 is 0 Å². The summed E-state index contributed by atoms with van der Waals surface area (Å²) in [6.45, 7) is 3.80. The SMILES string of the molecule is O=C(NCC1(c2ccccc2)CCC1)C1CCCN(C(=O)N2CCCC2)C1. The smallest absolute Gasteiger partial charge is 0.320 e. The summed E-state index contributed by atoms with van der Waals surface area (Å²) in [5.74, 6) is 0.0503. The summed E-state index contributed by atoms with van der Waals surface area (Å²) in [7, 11) is 0. The number of likely N-dealkylation sites (tertiary alicyclic amines) is 2. The van der Waals surface area contributed by atoms with Crippen LogP contribution in [0, 0.1) is 5.92 Å². The molecule has 1 atom stereocenters. The van der Waals surface area contributed by atoms with E-state index in [1.165, 1.54) is 12.0 Å². The van der Waals surface area contributed by atoms with Crippen LogP contribution in [0.4, 0.5) is 4.79 Å². The molecule has 2 saturated heterocycles. The molecule has 0 aromatic heterocycles. The summed E-state index contributed by atoms with van der Waals surface area (Å²) >= 11 is 0. The number of nitrogens with one attached hydrogen (secondary N) is 1. The summed E-state index contributed by atoms with van der Waals surface area (Å²) in [5.41, 5.74) is 1.45. The van der Waals surface area contributed by atoms with E-state index in [-0.39, 0.29) is 23.3 Å². The number of piperidine rings is 1. The van der Waals surface area contributed by atoms with Gasteiger partial charge in [0.05, 0.1) is 5.92 Å². The Bertz CT molecular complexity index is 665. The second kappa shape index (κ2) is 7.91. The molecule has 5 heteroatoms. The van der Waals surface area contributed by atoms with Gasteiger partial charge in [-0.3, -0.25) is 4.79 Å². The Kier molecular flexibility index (Phi) is 5.37. The summed E-state index contributed by atoms with van der Waals surface area (Å²) in [6, 6.07) is 10.7. The van der Waals surface area contributed by atoms with Gasteiger partial charge in [-0.15, -0.1) is 0 Å². The van der Waals surface area contributed by atoms with Crippen LogP contribution in [0.1, 0.15) is 50.5 Å². The van der Waals surface area contributed by atoms with Crippen molar-refractivity contribution in [3.63, 3.8) is 0 Å². The maximum Gasteiger partial charge on any atom is 0.320 e. The van der Waals surface area contributed by atoms with E-state index < -0.39 is 0 Å². The lowest BCUT2D eigenvalue weighted by molar-refractivity contribution is -0.126. The minimum atomic E-state index is -0.0711. The standard InChI is InChI=1S/C22H31N3O2/c26-20(23-17-22(11-7-12-22)19-9-2-1-3-10-19)18-8-6-15-25(16-18)21(27)24-13-4-5-14-24/h1-3,9-10,18H,4-8,11-17H2,(H,23,26). The molecule has 1 aromatic rings. The summed E-state index contributed by atoms with van der Waals surface area (Å²) < 4.78 is 0. The zero-order chi connectivity index (χ0) is 18.7. The van der Waals surface area contributed by atoms with E-state index in [9.17, 15) is 9.59 Å². The van der Waals surface area contributed by atoms with Gasteiger partial charge in [0, 0.05) is 38.1 Å². The highest BCUT2D eigenvalue weighted by molar-refractivity contribution is 5.81. The molecule has 0 spiro atoms. The van der Waals surface area contributed by atoms with Crippen molar-refractivity contribution in [2.75, 3.05) is 32.7 Å². The fourth-order valence-corrected chi connectivity index (χ4v) is 4.84. The molecule has 4 rings (SSSR count). The monoisotopic (exact) mass is 369 g/mol. The Labute approximate surface area is 162 Å². The number of carbonyl (C=O) groups is 2. The fraction of sp³-hybridized carbons (Fsp3) is 0.636. The second-order valence-electron chi connectivity index (χ2n) is 8.48. The van der Waals surface area contributed by atoms with Gasteiger partial charge in [-0.25, -0.2) is 4.79 Å². The molecule has 3 aliphatic rings. The predicted molar refractivity (Wildman–Crippen MR) is 105 cm³/mol. The zero-order valence-electron chi connectivity index (χ0n) is 16.2. The van der Waals surface area contributed by atoms with Gasteiger partial charge in [0.25, 0.3) is 0 Å². The molecular weight excluding hydrogens is 338 g/mol. The van der Waals surface area contributed by atoms with E-state index in [4.69, 9.17) is 0 Å². The van der Waals surface area contributed by atoms with E-state index in [0.29, 0.717) is 13.1 Å². The van der Waals surface area contributed by atoms with Crippen molar-refractivity contribution < 1.29 is 9.59 Å². The molecule has 3 amide bonds. The quantitative estimate of drug-likeness (QED) is 0.886. The molecule has 2 aliphatic heterocycles. The van der Waals surface area contributed by atoms with E-state index in [2.05, 4.69) is 29.6 Å². The minimum absolute atomic E-state index is 0.0711. The van der Waals surface area contributed by atoms with E-state index in [1.54, 1.807) is 0 Å². The van der Waals surface area contributed by atoms with Crippen molar-refractivity contribution in [3.05, 3.63) is 35.9 Å². The average molecular weight is 370 g/mol. The highest BCUT2D eigenvalue weighted by Crippen LogP contribution is 2.43. The zero-order valence-corrected chi connectivity index (χ0v) is 16.2. The van der Waals surface area contributed by atoms with Crippen LogP contribution in [0.15, 0.2) is 30.3 Å². The first-order valence-corrected chi connectivity index (χ1v) is 10.6. The molecule has 5 nitrogen and oxygen atoms in total. The highest BCUT2D eigenvalue weighted by atomic mass is 16.2. The number of nitrogens with zero attached hydrogens (tertiary/aromatic N) is 2. The van der Waals surface area contributed by atoms with Crippen LogP contribution in [0.2, 0.25) is 0 Å². The lowest BCUT2D eigenvalue weighted by Gasteiger charge is -2.43. The third-order valence-corrected chi connectivity index (χ3v) is 6.74. The largest absolute Gasteiger partial charge is 0.355 e. The van der Waals surface area contributed by atoms with Crippen LogP contribution in [0.25, 0.3) is 0 Å². The number of hydrogen-bond donors (Lipinski definition) is 1. The number of hydrogen-bond acceptors (Lipinski definition) is 2. The average Bonchev–Trinajstić information content (AvgIpc) is 3.22. The van der Waals surface area contributed by atoms with E-state index >= 15 is 0 Å². The first kappa shape index (κ1) is 18.3. The van der Waals surface area contributed by atoms with E-state index in [1.807, 2.05) is 15.9 Å². The van der Waals surface area contributed by atoms with Crippen molar-refractivity contribution >= 4 is 11.9 Å². The lowest BCUT2D eigenvalue weighted by atomic mass is 9.64. The Balaban J connectivity index is 1.33. The van der Waals surface area contributed by atoms with Gasteiger partial charge in [-0.05, 0) is 44.1 Å². The van der Waals surface area contributed by atoms with Crippen molar-refractivity contribution in [2.45, 2.75) is 50.4 Å². The topological polar surface area (TPSA) is 52.7 Å². The van der Waals surface area contributed by atoms with Crippen molar-refractivity contribution in [1.29, 1.82) is 0 Å². The van der Waals surface area contributed by atoms with Gasteiger partial charge in [0.15, 0.2) is 0 Å². The Morgan fingerprint density at radius 3 is 2.33 bits per heavy atom. The van der Waals surface area contributed by atoms with Crippen LogP contribution in [-0.4, -0.2) is 54.5 Å². The van der Waals surface area contributed by atoms with Gasteiger partial charge in [0.2, 0.25) is 5.91 Å². The summed E-state index contributed by atoms with van der Waals surface area (Å²) in [4.78, 5) is 29.3. The number of amides is 3. The molecule has 1 saturated carbocycles. The van der Waals surface area contributed by atoms with Crippen molar-refractivity contribution in [1.82, 2.24) is 15.1 Å². The molecule has 3 fully saturated rings. The molecule has 1 unspecified atom stereocenters. The van der Waals surface area contributed by atoms with Crippen LogP contribution in [0.3, 0.4) is 0 Å². The maximum atomic E-state index is 12.8. The normalized spacial score (nSPS) is 24.4. The molecule has 1 N–H and O–H groups in total. The Hall–Kier alpha value is -2.04. The van der Waals surface area contributed by atoms with Crippen molar-refractivity contribution in [2.24, 2.45) is 5.92 Å². The molecule has 27 heavy (non-hydrogen) atoms. The van der Waals surface area contributed by atoms with Gasteiger partial charge in [-0.1, -0.05) is 36.8 Å². The van der Waals surface area contributed by atoms with Crippen LogP contribution < -0.4 is 5.32 Å². The molecule has 146 valence electrons. The fourth-order valence-electron chi connectivity index (χ4n) is 4.84. The summed E-state index contributed by atoms with van der Waals surface area (Å²) in [6.07, 6.45) is 7.51. The first-order chi connectivity index (χ1) is 13.2. The molecule has 0 bridgehead atoms. The molecule has 0 radical (unpaired) electrons. The number of urea groups is 1. The predicted octanol–water partition coefficient (Wildman–Crippen LogP) is 3.15. The molecule has 1 aromatic carbocycles. The van der Waals surface area contributed by atoms with Crippen LogP contribution in [-0.2, 0) is 10.2 Å². The summed E-state index contributed by atoms with van der Waals surface area (Å²) in [5, 5.41) is 3.23. The minimum Gasteiger partial charge on any atom is -0.355 e. The maximum absolute atomic E-state index is 12.8. The van der Waals surface area contributed by atoms with Crippen LogP contribution in [0.5, 0.6) is 0 Å². The second-order valence-corrected chi connectivity index (χ2v) is 8.48. The Morgan fingerprint density at radius 1 is 0.963 bits per heavy atom. The third kappa shape index (κ3) is 3.83. The molecule has 1 aliphatic carbocycles. The number of rotatable bonds is 4. The van der Waals surface area contributed by atoms with Gasteiger partial charge in [0.1, 0.15) is 0 Å². The first-order valence-electron chi connectivity index (χ1n) is 10.6. The van der Waals surface area contributed by atoms with E-state index in [0.717, 1.165) is 58.2 Å². The van der Waals surface area contributed by atoms with Crippen molar-refractivity contribution in [3.8, 4) is 0 Å². The lowest BCUT2D eigenvalue weighted by Crippen LogP contribution is -2.52. The van der Waals surface area contributed by atoms with Gasteiger partial charge < -0.3 is 15.1 Å². The molecular formula is C22H31N3O2.